The first-order valence-electron chi connectivity index (χ1n) is 31.5. The number of esters is 4. The summed E-state index contributed by atoms with van der Waals surface area (Å²) in [5.74, 6) is -3.39. The SMILES string of the molecule is Nc1cccc2cccc(N)c12.O=C1OC(=O)c2cc(Cl)c3c4c(Cl)cc5c6c(cc(Cl)c(c7c(Cl)cc1c2c73)c64)C(=O)OC5=O.O=C=O.O=C=O.O=c1c2cc(Cl)c3c4c(Cl)cc5c6c(cc(Cl)c(c7c(Cl)cc(c2c37)c2nc3cccc7cccc(c73)n12)c46)c(=O)n1c2cccc3cccc(nc51)c32.[CH3-].[CH3-].[Zn+2]. The van der Waals surface area contributed by atoms with Gasteiger partial charge in [-0.2, -0.15) is 19.2 Å². The fourth-order valence-electron chi connectivity index (χ4n) is 16.1. The number of carbonyl (C=O) groups excluding carboxylic acids is 8. The zero-order valence-electron chi connectivity index (χ0n) is 55.6. The normalized spacial score (nSPS) is 12.4. The average Bonchev–Trinajstić information content (AvgIpc) is 0.687. The summed E-state index contributed by atoms with van der Waals surface area (Å²) in [4.78, 5) is 122. The number of ether oxygens (including phenoxy) is 2. The molecule has 6 heterocycles. The van der Waals surface area contributed by atoms with Crippen LogP contribution in [-0.4, -0.2) is 54.9 Å². The summed E-state index contributed by atoms with van der Waals surface area (Å²) in [6.07, 6.45) is 0.500. The van der Waals surface area contributed by atoms with Crippen LogP contribution in [0, 0.1) is 14.9 Å². The number of nitrogen functional groups attached to an aromatic ring is 2. The first kappa shape index (κ1) is 73.3. The number of aromatic nitrogens is 4. The number of hydrogen-bond acceptors (Lipinski definition) is 16. The summed E-state index contributed by atoms with van der Waals surface area (Å²) in [5.41, 5.74) is 16.9. The van der Waals surface area contributed by atoms with E-state index in [-0.39, 0.29) is 100 Å². The second-order valence-electron chi connectivity index (χ2n) is 25.0. The Morgan fingerprint density at radius 1 is 0.303 bits per heavy atom. The van der Waals surface area contributed by atoms with Crippen molar-refractivity contribution in [1.82, 2.24) is 18.8 Å². The van der Waals surface area contributed by atoms with Gasteiger partial charge in [-0.3, -0.25) is 18.4 Å². The van der Waals surface area contributed by atoms with Gasteiger partial charge in [0.1, 0.15) is 11.3 Å². The van der Waals surface area contributed by atoms with Gasteiger partial charge in [0.25, 0.3) is 11.1 Å². The van der Waals surface area contributed by atoms with E-state index in [9.17, 15) is 28.8 Å². The first-order valence-corrected chi connectivity index (χ1v) is 34.5. The molecule has 0 bridgehead atoms. The third kappa shape index (κ3) is 10.1. The molecule has 4 N–H and O–H groups in total. The fourth-order valence-corrected chi connectivity index (χ4v) is 18.5. The maximum Gasteiger partial charge on any atom is 2.00 e. The number of benzene rings is 16. The number of halogens is 8. The minimum absolute atomic E-state index is 0. The van der Waals surface area contributed by atoms with Crippen molar-refractivity contribution < 1.29 is 67.3 Å². The summed E-state index contributed by atoms with van der Waals surface area (Å²) in [5, 5.41) is 18.1. The number of nitrogens with zero attached hydrogens (tertiary/aromatic N) is 4. The van der Waals surface area contributed by atoms with Crippen molar-refractivity contribution in [3.63, 3.8) is 0 Å². The first-order chi connectivity index (χ1) is 51.1. The van der Waals surface area contributed by atoms with Gasteiger partial charge in [0.15, 0.2) is 0 Å². The standard InChI is InChI=1S/C44H16Cl4N4O2.C24H4Cl4O6.C10H10N2.2CO2.2CH3.Zn/c45-23-13-19-33-21(43(53)51-29-11-3-7-17-5-1-9-27(31(17)29)49-41(19)51)15-25(47)37-36-24(46)14-20-34-22(16-26(48)38(40(34)36)35(23)39(33)37)44(54)52-30-12-4-8-18-6-2-10-28(32(18)30)50-42(20)52;25-9-1-5-13-6(22(30)33-21(5)29)2-11(27)17-18-12(28)4-8-14-7(23(31)34-24(8)32)3-10(26)16(20(14)18)15(9)19(13)17;11-8-5-1-3-7-4-2-6-9(12)10(7)8;2*2-1-3;;;/h1-16H;1-4H;1-6H,11-12H2;;;2*1H3;/q;;;;;2*-1;+2. The minimum Gasteiger partial charge on any atom is -0.398 e. The van der Waals surface area contributed by atoms with Crippen molar-refractivity contribution in [2.24, 2.45) is 0 Å². The quantitative estimate of drug-likeness (QED) is 0.0271. The zero-order valence-corrected chi connectivity index (χ0v) is 64.6. The van der Waals surface area contributed by atoms with E-state index in [2.05, 4.69) is 0 Å². The summed E-state index contributed by atoms with van der Waals surface area (Å²) >= 11 is 56.2. The van der Waals surface area contributed by atoms with Gasteiger partial charge in [0, 0.05) is 165 Å². The zero-order chi connectivity index (χ0) is 73.8. The Hall–Kier alpha value is -11.2. The number of rotatable bonds is 0. The topological polar surface area (TPSA) is 276 Å². The van der Waals surface area contributed by atoms with E-state index in [4.69, 9.17) is 143 Å². The van der Waals surface area contributed by atoms with Crippen LogP contribution in [0.2, 0.25) is 40.2 Å². The van der Waals surface area contributed by atoms with Crippen LogP contribution in [0.15, 0.2) is 167 Å². The monoisotopic (exact) mass is 1640 g/mol. The molecular formula is C82H36Cl8N6O12Zn. The molecule has 18 nitrogen and oxygen atoms in total. The largest absolute Gasteiger partial charge is 2.00 e. The molecule has 0 aliphatic carbocycles. The van der Waals surface area contributed by atoms with Crippen LogP contribution in [0.4, 0.5) is 11.4 Å². The molecule has 0 saturated heterocycles. The number of hydrogen-bond donors (Lipinski definition) is 2. The molecule has 0 fully saturated rings. The molecule has 0 amide bonds. The molecule has 2 aliphatic rings. The van der Waals surface area contributed by atoms with Crippen LogP contribution in [0.25, 0.3) is 173 Å². The van der Waals surface area contributed by atoms with Crippen LogP contribution < -0.4 is 22.6 Å². The van der Waals surface area contributed by atoms with Gasteiger partial charge < -0.3 is 35.8 Å². The molecule has 0 radical (unpaired) electrons. The molecule has 109 heavy (non-hydrogen) atoms. The molecule has 0 saturated carbocycles. The van der Waals surface area contributed by atoms with E-state index in [0.29, 0.717) is 139 Å². The fraction of sp³-hybridized carbons (Fsp3) is 0. The van der Waals surface area contributed by atoms with Crippen LogP contribution in [-0.2, 0) is 48.1 Å². The van der Waals surface area contributed by atoms with Crippen molar-refractivity contribution in [1.29, 1.82) is 0 Å². The molecule has 20 aromatic rings. The predicted octanol–water partition coefficient (Wildman–Crippen LogP) is 20.9. The summed E-state index contributed by atoms with van der Waals surface area (Å²) in [6.45, 7) is 0. The van der Waals surface area contributed by atoms with Gasteiger partial charge in [-0.05, 0) is 101 Å². The Morgan fingerprint density at radius 2 is 0.550 bits per heavy atom. The van der Waals surface area contributed by atoms with Gasteiger partial charge in [0.05, 0.1) is 55.1 Å². The third-order valence-corrected chi connectivity index (χ3v) is 22.3. The van der Waals surface area contributed by atoms with Crippen molar-refractivity contribution >= 4 is 314 Å². The van der Waals surface area contributed by atoms with Crippen molar-refractivity contribution in [2.45, 2.75) is 0 Å². The van der Waals surface area contributed by atoms with Crippen molar-refractivity contribution in [3.05, 3.63) is 256 Å². The summed E-state index contributed by atoms with van der Waals surface area (Å²) in [6, 6.07) is 47.9. The second-order valence-corrected chi connectivity index (χ2v) is 28.3. The Labute approximate surface area is 661 Å². The molecule has 4 aromatic heterocycles. The molecule has 0 unspecified atom stereocenters. The van der Waals surface area contributed by atoms with E-state index in [1.54, 1.807) is 20.9 Å². The Morgan fingerprint density at radius 3 is 0.844 bits per heavy atom. The van der Waals surface area contributed by atoms with Crippen molar-refractivity contribution in [3.8, 4) is 0 Å². The van der Waals surface area contributed by atoms with Crippen LogP contribution >= 0.6 is 92.8 Å². The number of fused-ring (bicyclic) bond motifs is 11. The van der Waals surface area contributed by atoms with Gasteiger partial charge in [-0.15, -0.1) is 0 Å². The van der Waals surface area contributed by atoms with E-state index in [1.807, 2.05) is 121 Å². The van der Waals surface area contributed by atoms with E-state index < -0.39 is 23.9 Å². The summed E-state index contributed by atoms with van der Waals surface area (Å²) < 4.78 is 13.0. The molecule has 2 aliphatic heterocycles. The number of pyridine rings is 2. The van der Waals surface area contributed by atoms with Gasteiger partial charge in [0.2, 0.25) is 0 Å². The van der Waals surface area contributed by atoms with Gasteiger partial charge in [-0.1, -0.05) is 166 Å². The minimum atomic E-state index is -0.846. The van der Waals surface area contributed by atoms with Crippen LogP contribution in [0.5, 0.6) is 0 Å². The number of cyclic esters (lactones) is 4. The maximum absolute atomic E-state index is 14.7. The van der Waals surface area contributed by atoms with Crippen LogP contribution in [0.1, 0.15) is 41.4 Å². The van der Waals surface area contributed by atoms with Gasteiger partial charge in [-0.25, -0.2) is 29.1 Å². The summed E-state index contributed by atoms with van der Waals surface area (Å²) in [7, 11) is 0. The number of carbonyl (C=O) groups is 4. The van der Waals surface area contributed by atoms with Crippen LogP contribution in [0.3, 0.4) is 0 Å². The smallest absolute Gasteiger partial charge is 0.398 e. The second kappa shape index (κ2) is 26.6. The van der Waals surface area contributed by atoms with Gasteiger partial charge >= 0.3 is 55.7 Å². The Kier molecular flexibility index (Phi) is 17.9. The number of nitrogens with two attached hydrogens (primary N) is 2. The molecule has 22 rings (SSSR count). The average molecular weight is 1650 g/mol. The van der Waals surface area contributed by atoms with E-state index in [1.165, 1.54) is 24.3 Å². The molecule has 0 spiro atoms. The molecule has 0 atom stereocenters. The Balaban J connectivity index is 0.000000146. The van der Waals surface area contributed by atoms with E-state index in [0.717, 1.165) is 65.8 Å². The molecule has 524 valence electrons. The molecular weight excluding hydrogens is 1610 g/mol. The van der Waals surface area contributed by atoms with Crippen molar-refractivity contribution in [2.75, 3.05) is 11.5 Å². The predicted molar refractivity (Wildman–Crippen MR) is 428 cm³/mol. The molecule has 27 heteroatoms. The number of anilines is 2. The third-order valence-electron chi connectivity index (χ3n) is 19.9. The maximum atomic E-state index is 14.7. The Bertz CT molecular complexity index is 7210. The molecule has 16 aromatic carbocycles. The van der Waals surface area contributed by atoms with E-state index >= 15 is 0 Å².